The number of carbonyl (C=O) groups is 2. The Balaban J connectivity index is 2.97. The molecule has 1 aromatic heterocycles. The molecule has 1 rings (SSSR count). The van der Waals surface area contributed by atoms with Gasteiger partial charge in [0.05, 0.1) is 7.11 Å². The van der Waals surface area contributed by atoms with Crippen LogP contribution in [0.2, 0.25) is 0 Å². The van der Waals surface area contributed by atoms with E-state index in [2.05, 4.69) is 14.7 Å². The van der Waals surface area contributed by atoms with Crippen LogP contribution in [-0.4, -0.2) is 46.4 Å². The highest BCUT2D eigenvalue weighted by atomic mass is 16.5. The highest BCUT2D eigenvalue weighted by Crippen LogP contribution is 2.09. The van der Waals surface area contributed by atoms with E-state index < -0.39 is 5.97 Å². The molecule has 0 aliphatic rings. The van der Waals surface area contributed by atoms with Gasteiger partial charge in [-0.15, -0.1) is 0 Å². The molecule has 0 aromatic carbocycles. The number of carbonyl (C=O) groups excluding carboxylic acids is 2. The molecule has 0 aliphatic heterocycles. The zero-order valence-corrected chi connectivity index (χ0v) is 11.7. The second kappa shape index (κ2) is 6.82. The summed E-state index contributed by atoms with van der Waals surface area (Å²) in [6.45, 7) is 5.47. The molecule has 0 aliphatic carbocycles. The molecule has 19 heavy (non-hydrogen) atoms. The summed E-state index contributed by atoms with van der Waals surface area (Å²) < 4.78 is 4.62. The summed E-state index contributed by atoms with van der Waals surface area (Å²) in [4.78, 5) is 33.3. The van der Waals surface area contributed by atoms with Gasteiger partial charge in [-0.05, 0) is 26.3 Å². The Hall–Kier alpha value is -1.98. The number of esters is 1. The van der Waals surface area contributed by atoms with Crippen molar-refractivity contribution < 1.29 is 14.3 Å². The van der Waals surface area contributed by atoms with Crippen LogP contribution in [0, 0.1) is 6.92 Å². The highest BCUT2D eigenvalue weighted by molar-refractivity contribution is 5.94. The molecule has 1 amide bonds. The van der Waals surface area contributed by atoms with Crippen LogP contribution in [0.4, 0.5) is 0 Å². The van der Waals surface area contributed by atoms with Gasteiger partial charge < -0.3 is 9.64 Å². The van der Waals surface area contributed by atoms with E-state index in [0.29, 0.717) is 5.82 Å². The largest absolute Gasteiger partial charge is 0.468 e. The monoisotopic (exact) mass is 265 g/mol. The maximum absolute atomic E-state index is 12.4. The van der Waals surface area contributed by atoms with Crippen molar-refractivity contribution in [2.24, 2.45) is 0 Å². The fourth-order valence-corrected chi connectivity index (χ4v) is 1.57. The lowest BCUT2D eigenvalue weighted by Gasteiger charge is -2.27. The third-order valence-corrected chi connectivity index (χ3v) is 2.91. The van der Waals surface area contributed by atoms with Gasteiger partial charge in [0.1, 0.15) is 18.1 Å². The first-order valence-electron chi connectivity index (χ1n) is 6.17. The minimum Gasteiger partial charge on any atom is -0.468 e. The Bertz CT molecular complexity index is 462. The number of methoxy groups -OCH3 is 1. The van der Waals surface area contributed by atoms with Crippen LogP contribution in [0.3, 0.4) is 0 Å². The SMILES string of the molecule is CC[C@H](C)N(CC(=O)OC)C(=O)c1ccnc(C)n1. The van der Waals surface area contributed by atoms with Crippen LogP contribution in [-0.2, 0) is 9.53 Å². The molecule has 6 heteroatoms. The van der Waals surface area contributed by atoms with Crippen molar-refractivity contribution in [1.29, 1.82) is 0 Å². The van der Waals surface area contributed by atoms with E-state index in [1.165, 1.54) is 18.2 Å². The van der Waals surface area contributed by atoms with Gasteiger partial charge in [0.25, 0.3) is 5.91 Å². The highest BCUT2D eigenvalue weighted by Gasteiger charge is 2.24. The minimum atomic E-state index is -0.445. The first kappa shape index (κ1) is 15.1. The van der Waals surface area contributed by atoms with E-state index in [4.69, 9.17) is 0 Å². The van der Waals surface area contributed by atoms with Gasteiger partial charge >= 0.3 is 5.97 Å². The van der Waals surface area contributed by atoms with E-state index in [-0.39, 0.29) is 24.2 Å². The first-order valence-corrected chi connectivity index (χ1v) is 6.17. The molecular formula is C13H19N3O3. The van der Waals surface area contributed by atoms with Gasteiger partial charge in [0, 0.05) is 12.2 Å². The molecule has 0 saturated carbocycles. The van der Waals surface area contributed by atoms with Crippen LogP contribution in [0.1, 0.15) is 36.6 Å². The predicted octanol–water partition coefficient (Wildman–Crippen LogP) is 1.20. The Morgan fingerprint density at radius 1 is 1.47 bits per heavy atom. The number of hydrogen-bond acceptors (Lipinski definition) is 5. The van der Waals surface area contributed by atoms with E-state index in [9.17, 15) is 9.59 Å². The van der Waals surface area contributed by atoms with Gasteiger partial charge in [-0.25, -0.2) is 9.97 Å². The number of aromatic nitrogens is 2. The molecule has 1 atom stereocenters. The molecule has 6 nitrogen and oxygen atoms in total. The average molecular weight is 265 g/mol. The summed E-state index contributed by atoms with van der Waals surface area (Å²) in [5.74, 6) is -0.210. The summed E-state index contributed by atoms with van der Waals surface area (Å²) in [5, 5.41) is 0. The molecule has 0 N–H and O–H groups in total. The molecule has 0 bridgehead atoms. The zero-order chi connectivity index (χ0) is 14.4. The molecule has 0 radical (unpaired) electrons. The lowest BCUT2D eigenvalue weighted by Crippen LogP contribution is -2.42. The van der Waals surface area contributed by atoms with Gasteiger partial charge in [0.2, 0.25) is 0 Å². The summed E-state index contributed by atoms with van der Waals surface area (Å²) in [6, 6.07) is 1.48. The number of rotatable bonds is 5. The van der Waals surface area contributed by atoms with Crippen molar-refractivity contribution in [1.82, 2.24) is 14.9 Å². The molecular weight excluding hydrogens is 246 g/mol. The zero-order valence-electron chi connectivity index (χ0n) is 11.7. The second-order valence-corrected chi connectivity index (χ2v) is 4.26. The molecule has 0 fully saturated rings. The van der Waals surface area contributed by atoms with Crippen molar-refractivity contribution in [3.63, 3.8) is 0 Å². The van der Waals surface area contributed by atoms with Crippen LogP contribution >= 0.6 is 0 Å². The van der Waals surface area contributed by atoms with Gasteiger partial charge in [-0.3, -0.25) is 9.59 Å². The van der Waals surface area contributed by atoms with Crippen molar-refractivity contribution in [3.8, 4) is 0 Å². The number of ether oxygens (including phenoxy) is 1. The Labute approximate surface area is 112 Å². The molecule has 1 aromatic rings. The fraction of sp³-hybridized carbons (Fsp3) is 0.538. The molecule has 104 valence electrons. The summed E-state index contributed by atoms with van der Waals surface area (Å²) in [7, 11) is 1.30. The average Bonchev–Trinajstić information content (AvgIpc) is 2.42. The number of nitrogens with zero attached hydrogens (tertiary/aromatic N) is 3. The Morgan fingerprint density at radius 2 is 2.16 bits per heavy atom. The molecule has 0 unspecified atom stereocenters. The normalized spacial score (nSPS) is 11.8. The fourth-order valence-electron chi connectivity index (χ4n) is 1.57. The minimum absolute atomic E-state index is 0.0677. The third-order valence-electron chi connectivity index (χ3n) is 2.91. The van der Waals surface area contributed by atoms with Crippen molar-refractivity contribution in [3.05, 3.63) is 23.8 Å². The van der Waals surface area contributed by atoms with Crippen LogP contribution in [0.15, 0.2) is 12.3 Å². The standard InChI is InChI=1S/C13H19N3O3/c1-5-9(2)16(8-12(17)19-4)13(18)11-6-7-14-10(3)15-11/h6-7,9H,5,8H2,1-4H3/t9-/m0/s1. The smallest absolute Gasteiger partial charge is 0.325 e. The molecule has 0 saturated heterocycles. The summed E-state index contributed by atoms with van der Waals surface area (Å²) in [6.07, 6.45) is 2.27. The van der Waals surface area contributed by atoms with Gasteiger partial charge in [-0.2, -0.15) is 0 Å². The van der Waals surface area contributed by atoms with Crippen LogP contribution in [0.25, 0.3) is 0 Å². The van der Waals surface area contributed by atoms with E-state index >= 15 is 0 Å². The number of amides is 1. The topological polar surface area (TPSA) is 72.4 Å². The summed E-state index contributed by atoms with van der Waals surface area (Å²) in [5.41, 5.74) is 0.289. The first-order chi connectivity index (χ1) is 8.99. The Morgan fingerprint density at radius 3 is 2.68 bits per heavy atom. The predicted molar refractivity (Wildman–Crippen MR) is 69.6 cm³/mol. The van der Waals surface area contributed by atoms with E-state index in [1.54, 1.807) is 13.0 Å². The van der Waals surface area contributed by atoms with E-state index in [1.807, 2.05) is 13.8 Å². The summed E-state index contributed by atoms with van der Waals surface area (Å²) >= 11 is 0. The number of hydrogen-bond donors (Lipinski definition) is 0. The van der Waals surface area contributed by atoms with Crippen LogP contribution < -0.4 is 0 Å². The third kappa shape index (κ3) is 4.01. The molecule has 1 heterocycles. The number of aryl methyl sites for hydroxylation is 1. The second-order valence-electron chi connectivity index (χ2n) is 4.26. The maximum atomic E-state index is 12.4. The Kier molecular flexibility index (Phi) is 5.41. The van der Waals surface area contributed by atoms with Crippen molar-refractivity contribution in [2.45, 2.75) is 33.2 Å². The van der Waals surface area contributed by atoms with Crippen molar-refractivity contribution in [2.75, 3.05) is 13.7 Å². The maximum Gasteiger partial charge on any atom is 0.325 e. The van der Waals surface area contributed by atoms with Gasteiger partial charge in [-0.1, -0.05) is 6.92 Å². The lowest BCUT2D eigenvalue weighted by molar-refractivity contribution is -0.141. The quantitative estimate of drug-likeness (QED) is 0.748. The van der Waals surface area contributed by atoms with Gasteiger partial charge in [0.15, 0.2) is 0 Å². The van der Waals surface area contributed by atoms with E-state index in [0.717, 1.165) is 6.42 Å². The lowest BCUT2D eigenvalue weighted by atomic mass is 10.2. The van der Waals surface area contributed by atoms with Crippen LogP contribution in [0.5, 0.6) is 0 Å². The van der Waals surface area contributed by atoms with Crippen molar-refractivity contribution >= 4 is 11.9 Å². The molecule has 0 spiro atoms.